The van der Waals surface area contributed by atoms with Crippen LogP contribution in [-0.4, -0.2) is 28.3 Å². The molecule has 2 heterocycles. The van der Waals surface area contributed by atoms with E-state index < -0.39 is 0 Å². The van der Waals surface area contributed by atoms with Crippen molar-refractivity contribution in [1.82, 2.24) is 14.5 Å². The highest BCUT2D eigenvalue weighted by atomic mass is 16.5. The van der Waals surface area contributed by atoms with Crippen molar-refractivity contribution in [3.8, 4) is 0 Å². The largest absolute Gasteiger partial charge is 0.383 e. The van der Waals surface area contributed by atoms with Gasteiger partial charge in [0, 0.05) is 37.9 Å². The van der Waals surface area contributed by atoms with Gasteiger partial charge in [-0.15, -0.1) is 0 Å². The van der Waals surface area contributed by atoms with E-state index in [1.165, 1.54) is 0 Å². The van der Waals surface area contributed by atoms with Crippen molar-refractivity contribution < 1.29 is 4.74 Å². The van der Waals surface area contributed by atoms with Gasteiger partial charge in [0.1, 0.15) is 0 Å². The van der Waals surface area contributed by atoms with Crippen LogP contribution in [0.25, 0.3) is 0 Å². The van der Waals surface area contributed by atoms with Crippen LogP contribution in [0, 0.1) is 6.92 Å². The molecule has 0 aliphatic carbocycles. The van der Waals surface area contributed by atoms with Gasteiger partial charge in [-0.2, -0.15) is 0 Å². The van der Waals surface area contributed by atoms with Crippen molar-refractivity contribution in [2.45, 2.75) is 26.4 Å². The van der Waals surface area contributed by atoms with Gasteiger partial charge in [-0.1, -0.05) is 6.07 Å². The summed E-state index contributed by atoms with van der Waals surface area (Å²) >= 11 is 0. The molecule has 0 bridgehead atoms. The van der Waals surface area contributed by atoms with E-state index >= 15 is 0 Å². The second kappa shape index (κ2) is 6.33. The molecule has 2 aromatic heterocycles. The van der Waals surface area contributed by atoms with E-state index in [1.54, 1.807) is 13.3 Å². The van der Waals surface area contributed by atoms with Gasteiger partial charge < -0.3 is 14.6 Å². The molecule has 0 aromatic carbocycles. The zero-order valence-corrected chi connectivity index (χ0v) is 11.6. The predicted octanol–water partition coefficient (Wildman–Crippen LogP) is 2.41. The summed E-state index contributed by atoms with van der Waals surface area (Å²) in [4.78, 5) is 8.61. The molecule has 1 N–H and O–H groups in total. The molecule has 5 heteroatoms. The quantitative estimate of drug-likeness (QED) is 0.866. The molecule has 19 heavy (non-hydrogen) atoms. The second-order valence-electron chi connectivity index (χ2n) is 4.62. The maximum absolute atomic E-state index is 5.17. The molecule has 1 atom stereocenters. The first-order valence-electron chi connectivity index (χ1n) is 6.38. The fourth-order valence-electron chi connectivity index (χ4n) is 1.91. The van der Waals surface area contributed by atoms with E-state index in [-0.39, 0.29) is 6.04 Å². The van der Waals surface area contributed by atoms with Crippen molar-refractivity contribution in [3.63, 3.8) is 0 Å². The lowest BCUT2D eigenvalue weighted by Gasteiger charge is -2.16. The van der Waals surface area contributed by atoms with Crippen LogP contribution < -0.4 is 5.32 Å². The monoisotopic (exact) mass is 260 g/mol. The van der Waals surface area contributed by atoms with Crippen LogP contribution in [-0.2, 0) is 11.3 Å². The molecule has 0 aliphatic heterocycles. The van der Waals surface area contributed by atoms with Crippen LogP contribution in [0.1, 0.15) is 24.2 Å². The Morgan fingerprint density at radius 3 is 2.89 bits per heavy atom. The van der Waals surface area contributed by atoms with E-state index in [4.69, 9.17) is 4.74 Å². The van der Waals surface area contributed by atoms with Gasteiger partial charge >= 0.3 is 0 Å². The first kappa shape index (κ1) is 13.5. The first-order valence-corrected chi connectivity index (χ1v) is 6.38. The maximum Gasteiger partial charge on any atom is 0.203 e. The van der Waals surface area contributed by atoms with Crippen molar-refractivity contribution in [3.05, 3.63) is 42.0 Å². The summed E-state index contributed by atoms with van der Waals surface area (Å²) in [5.41, 5.74) is 2.17. The third-order valence-corrected chi connectivity index (χ3v) is 2.97. The Morgan fingerprint density at radius 2 is 2.21 bits per heavy atom. The Hall–Kier alpha value is -1.88. The SMILES string of the molecule is COCC(C)n1ccnc1NCc1ccc(C)nc1. The second-order valence-corrected chi connectivity index (χ2v) is 4.62. The number of methoxy groups -OCH3 is 1. The van der Waals surface area contributed by atoms with Crippen molar-refractivity contribution in [1.29, 1.82) is 0 Å². The number of rotatable bonds is 6. The number of anilines is 1. The molecule has 5 nitrogen and oxygen atoms in total. The lowest BCUT2D eigenvalue weighted by molar-refractivity contribution is 0.163. The Labute approximate surface area is 113 Å². The highest BCUT2D eigenvalue weighted by Crippen LogP contribution is 2.14. The molecule has 0 saturated heterocycles. The molecule has 0 spiro atoms. The van der Waals surface area contributed by atoms with Gasteiger partial charge in [-0.05, 0) is 25.5 Å². The normalized spacial score (nSPS) is 12.4. The molecule has 0 radical (unpaired) electrons. The molecule has 0 amide bonds. The zero-order chi connectivity index (χ0) is 13.7. The van der Waals surface area contributed by atoms with Gasteiger partial charge in [0.2, 0.25) is 5.95 Å². The van der Waals surface area contributed by atoms with Gasteiger partial charge in [-0.3, -0.25) is 4.98 Å². The number of nitrogens with zero attached hydrogens (tertiary/aromatic N) is 3. The minimum atomic E-state index is 0.256. The highest BCUT2D eigenvalue weighted by Gasteiger charge is 2.09. The van der Waals surface area contributed by atoms with Gasteiger partial charge in [0.15, 0.2) is 0 Å². The third kappa shape index (κ3) is 3.54. The van der Waals surface area contributed by atoms with Crippen LogP contribution in [0.3, 0.4) is 0 Å². The van der Waals surface area contributed by atoms with Gasteiger partial charge in [0.25, 0.3) is 0 Å². The number of ether oxygens (including phenoxy) is 1. The van der Waals surface area contributed by atoms with E-state index in [2.05, 4.69) is 32.8 Å². The van der Waals surface area contributed by atoms with E-state index in [9.17, 15) is 0 Å². The molecular formula is C14H20N4O. The van der Waals surface area contributed by atoms with Gasteiger partial charge in [-0.25, -0.2) is 4.98 Å². The van der Waals surface area contributed by atoms with Crippen LogP contribution >= 0.6 is 0 Å². The zero-order valence-electron chi connectivity index (χ0n) is 11.6. The fraction of sp³-hybridized carbons (Fsp3) is 0.429. The predicted molar refractivity (Wildman–Crippen MR) is 75.1 cm³/mol. The van der Waals surface area contributed by atoms with Crippen LogP contribution in [0.5, 0.6) is 0 Å². The van der Waals surface area contributed by atoms with Crippen LogP contribution in [0.15, 0.2) is 30.7 Å². The van der Waals surface area contributed by atoms with Crippen molar-refractivity contribution in [2.24, 2.45) is 0 Å². The standard InChI is InChI=1S/C14H20N4O/c1-11-4-5-13(8-16-11)9-17-14-15-6-7-18(14)12(2)10-19-3/h4-8,12H,9-10H2,1-3H3,(H,15,17). The molecule has 0 aliphatic rings. The molecular weight excluding hydrogens is 240 g/mol. The van der Waals surface area contributed by atoms with Crippen molar-refractivity contribution >= 4 is 5.95 Å². The smallest absolute Gasteiger partial charge is 0.203 e. The minimum Gasteiger partial charge on any atom is -0.383 e. The molecule has 2 aromatic rings. The molecule has 0 saturated carbocycles. The minimum absolute atomic E-state index is 0.256. The third-order valence-electron chi connectivity index (χ3n) is 2.97. The number of aryl methyl sites for hydroxylation is 1. The summed E-state index contributed by atoms with van der Waals surface area (Å²) in [5.74, 6) is 0.852. The van der Waals surface area contributed by atoms with Gasteiger partial charge in [0.05, 0.1) is 12.6 Å². The summed E-state index contributed by atoms with van der Waals surface area (Å²) in [6.45, 7) is 5.46. The summed E-state index contributed by atoms with van der Waals surface area (Å²) < 4.78 is 7.25. The van der Waals surface area contributed by atoms with E-state index in [0.717, 1.165) is 17.2 Å². The Balaban J connectivity index is 2.00. The number of nitrogens with one attached hydrogen (secondary N) is 1. The topological polar surface area (TPSA) is 52.0 Å². The highest BCUT2D eigenvalue weighted by molar-refractivity contribution is 5.29. The maximum atomic E-state index is 5.17. The average molecular weight is 260 g/mol. The molecule has 2 rings (SSSR count). The van der Waals surface area contributed by atoms with E-state index in [1.807, 2.05) is 25.4 Å². The summed E-state index contributed by atoms with van der Waals surface area (Å²) in [5, 5.41) is 3.32. The molecule has 102 valence electrons. The molecule has 0 fully saturated rings. The number of pyridine rings is 1. The number of hydrogen-bond acceptors (Lipinski definition) is 4. The lowest BCUT2D eigenvalue weighted by Crippen LogP contribution is -2.14. The Morgan fingerprint density at radius 1 is 1.37 bits per heavy atom. The summed E-state index contributed by atoms with van der Waals surface area (Å²) in [7, 11) is 1.71. The van der Waals surface area contributed by atoms with E-state index in [0.29, 0.717) is 13.2 Å². The van der Waals surface area contributed by atoms with Crippen molar-refractivity contribution in [2.75, 3.05) is 19.0 Å². The number of imidazole rings is 1. The lowest BCUT2D eigenvalue weighted by atomic mass is 10.2. The Kier molecular flexibility index (Phi) is 4.52. The Bertz CT molecular complexity index is 506. The summed E-state index contributed by atoms with van der Waals surface area (Å²) in [6, 6.07) is 4.34. The number of aromatic nitrogens is 3. The average Bonchev–Trinajstić information content (AvgIpc) is 2.87. The fourth-order valence-corrected chi connectivity index (χ4v) is 1.91. The first-order chi connectivity index (χ1) is 9.20. The van der Waals surface area contributed by atoms with Crippen LogP contribution in [0.2, 0.25) is 0 Å². The van der Waals surface area contributed by atoms with Crippen LogP contribution in [0.4, 0.5) is 5.95 Å². The number of hydrogen-bond donors (Lipinski definition) is 1. The summed E-state index contributed by atoms with van der Waals surface area (Å²) in [6.07, 6.45) is 5.63. The molecule has 1 unspecified atom stereocenters.